The fraction of sp³-hybridized carbons (Fsp3) is 1.00. The van der Waals surface area contributed by atoms with E-state index in [-0.39, 0.29) is 13.2 Å². The smallest absolute Gasteiger partial charge is 0.0547 e. The molecule has 1 unspecified atom stereocenters. The molecule has 1 atom stereocenters. The third-order valence-electron chi connectivity index (χ3n) is 0.962. The highest BCUT2D eigenvalue weighted by Crippen LogP contribution is 2.09. The quantitative estimate of drug-likeness (QED) is 0.560. The van der Waals surface area contributed by atoms with Gasteiger partial charge in [-0.1, -0.05) is 6.92 Å². The Balaban J connectivity index is 2.88. The van der Waals surface area contributed by atoms with E-state index in [4.69, 9.17) is 10.2 Å². The highest BCUT2D eigenvalue weighted by Gasteiger charge is 1.97. The molecule has 2 nitrogen and oxygen atoms in total. The van der Waals surface area contributed by atoms with E-state index in [1.165, 1.54) is 0 Å². The fourth-order valence-electron chi connectivity index (χ4n) is 0.402. The standard InChI is InChI=1S/C6H14O2S/c1-6(5-8)9-4-2-3-7/h6-8H,2-5H2,1H3. The lowest BCUT2D eigenvalue weighted by atomic mass is 10.5. The second-order valence-corrected chi connectivity index (χ2v) is 3.49. The van der Waals surface area contributed by atoms with Crippen molar-refractivity contribution < 1.29 is 10.2 Å². The van der Waals surface area contributed by atoms with Gasteiger partial charge in [0, 0.05) is 11.9 Å². The van der Waals surface area contributed by atoms with Crippen LogP contribution in [0, 0.1) is 0 Å². The molecule has 56 valence electrons. The Bertz CT molecular complexity index is 59.0. The van der Waals surface area contributed by atoms with Gasteiger partial charge in [0.1, 0.15) is 0 Å². The number of aliphatic hydroxyl groups excluding tert-OH is 2. The van der Waals surface area contributed by atoms with Crippen LogP contribution in [0.25, 0.3) is 0 Å². The van der Waals surface area contributed by atoms with Crippen molar-refractivity contribution in [1.29, 1.82) is 0 Å². The molecule has 0 aliphatic heterocycles. The molecule has 0 saturated heterocycles. The monoisotopic (exact) mass is 150 g/mol. The third-order valence-corrected chi connectivity index (χ3v) is 2.20. The Morgan fingerprint density at radius 2 is 2.11 bits per heavy atom. The first-order chi connectivity index (χ1) is 4.31. The molecule has 0 saturated carbocycles. The molecule has 0 aliphatic carbocycles. The molecule has 0 rings (SSSR count). The Kier molecular flexibility index (Phi) is 6.58. The average molecular weight is 150 g/mol. The summed E-state index contributed by atoms with van der Waals surface area (Å²) in [6.07, 6.45) is 0.828. The molecule has 0 aromatic carbocycles. The third kappa shape index (κ3) is 6.15. The summed E-state index contributed by atoms with van der Waals surface area (Å²) >= 11 is 1.69. The van der Waals surface area contributed by atoms with Crippen LogP contribution < -0.4 is 0 Å². The van der Waals surface area contributed by atoms with Crippen LogP contribution in [0.1, 0.15) is 13.3 Å². The summed E-state index contributed by atoms with van der Waals surface area (Å²) in [5.41, 5.74) is 0. The molecule has 9 heavy (non-hydrogen) atoms. The second-order valence-electron chi connectivity index (χ2n) is 1.94. The van der Waals surface area contributed by atoms with Gasteiger partial charge in [0.25, 0.3) is 0 Å². The Morgan fingerprint density at radius 3 is 2.56 bits per heavy atom. The van der Waals surface area contributed by atoms with Crippen molar-refractivity contribution in [3.8, 4) is 0 Å². The van der Waals surface area contributed by atoms with Gasteiger partial charge in [-0.25, -0.2) is 0 Å². The van der Waals surface area contributed by atoms with Crippen molar-refractivity contribution in [3.63, 3.8) is 0 Å². The van der Waals surface area contributed by atoms with E-state index >= 15 is 0 Å². The average Bonchev–Trinajstić information content (AvgIpc) is 1.89. The van der Waals surface area contributed by atoms with Gasteiger partial charge in [0.15, 0.2) is 0 Å². The van der Waals surface area contributed by atoms with E-state index < -0.39 is 0 Å². The van der Waals surface area contributed by atoms with Crippen LogP contribution in [0.2, 0.25) is 0 Å². The van der Waals surface area contributed by atoms with Gasteiger partial charge in [-0.2, -0.15) is 11.8 Å². The molecule has 0 heterocycles. The predicted octanol–water partition coefficient (Wildman–Crippen LogP) is 0.483. The number of rotatable bonds is 5. The van der Waals surface area contributed by atoms with Crippen LogP contribution in [0.5, 0.6) is 0 Å². The van der Waals surface area contributed by atoms with Crippen molar-refractivity contribution in [2.75, 3.05) is 19.0 Å². The Hall–Kier alpha value is 0.270. The molecule has 0 spiro atoms. The largest absolute Gasteiger partial charge is 0.396 e. The summed E-state index contributed by atoms with van der Waals surface area (Å²) in [7, 11) is 0. The summed E-state index contributed by atoms with van der Waals surface area (Å²) in [5.74, 6) is 0.943. The maximum Gasteiger partial charge on any atom is 0.0547 e. The van der Waals surface area contributed by atoms with Gasteiger partial charge in [-0.3, -0.25) is 0 Å². The molecular weight excluding hydrogens is 136 g/mol. The Morgan fingerprint density at radius 1 is 1.44 bits per heavy atom. The van der Waals surface area contributed by atoms with Gasteiger partial charge in [-0.15, -0.1) is 0 Å². The summed E-state index contributed by atoms with van der Waals surface area (Å²) in [6, 6.07) is 0. The Labute approximate surface area is 60.3 Å². The number of aliphatic hydroxyl groups is 2. The van der Waals surface area contributed by atoms with Crippen LogP contribution >= 0.6 is 11.8 Å². The zero-order valence-corrected chi connectivity index (χ0v) is 6.52. The van der Waals surface area contributed by atoms with E-state index in [9.17, 15) is 0 Å². The molecule has 0 aromatic rings. The molecule has 2 N–H and O–H groups in total. The summed E-state index contributed by atoms with van der Waals surface area (Å²) in [4.78, 5) is 0. The normalized spacial score (nSPS) is 13.7. The lowest BCUT2D eigenvalue weighted by Gasteiger charge is -2.04. The van der Waals surface area contributed by atoms with Crippen LogP contribution in [-0.4, -0.2) is 34.4 Å². The van der Waals surface area contributed by atoms with Crippen LogP contribution in [0.4, 0.5) is 0 Å². The molecule has 0 bridgehead atoms. The van der Waals surface area contributed by atoms with E-state index in [0.717, 1.165) is 12.2 Å². The van der Waals surface area contributed by atoms with Crippen molar-refractivity contribution in [3.05, 3.63) is 0 Å². The van der Waals surface area contributed by atoms with E-state index in [1.807, 2.05) is 6.92 Å². The molecular formula is C6H14O2S. The van der Waals surface area contributed by atoms with Gasteiger partial charge < -0.3 is 10.2 Å². The first-order valence-corrected chi connectivity index (χ1v) is 4.19. The lowest BCUT2D eigenvalue weighted by molar-refractivity contribution is 0.294. The fourth-order valence-corrected chi connectivity index (χ4v) is 1.21. The maximum absolute atomic E-state index is 8.55. The molecule has 0 aliphatic rings. The minimum Gasteiger partial charge on any atom is -0.396 e. The van der Waals surface area contributed by atoms with E-state index in [0.29, 0.717) is 5.25 Å². The first-order valence-electron chi connectivity index (χ1n) is 3.14. The highest BCUT2D eigenvalue weighted by molar-refractivity contribution is 7.99. The van der Waals surface area contributed by atoms with Crippen molar-refractivity contribution >= 4 is 11.8 Å². The number of thioether (sulfide) groups is 1. The molecule has 0 amide bonds. The van der Waals surface area contributed by atoms with Crippen molar-refractivity contribution in [2.24, 2.45) is 0 Å². The maximum atomic E-state index is 8.55. The number of hydrogen-bond acceptors (Lipinski definition) is 3. The van der Waals surface area contributed by atoms with E-state index in [1.54, 1.807) is 11.8 Å². The SMILES string of the molecule is CC(CO)SCCCO. The second kappa shape index (κ2) is 6.39. The van der Waals surface area contributed by atoms with Gasteiger partial charge in [-0.05, 0) is 12.2 Å². The zero-order chi connectivity index (χ0) is 7.11. The minimum atomic E-state index is 0.232. The number of hydrogen-bond donors (Lipinski definition) is 2. The molecule has 3 heteroatoms. The predicted molar refractivity (Wildman–Crippen MR) is 40.7 cm³/mol. The molecule has 0 fully saturated rings. The summed E-state index contributed by atoms with van der Waals surface area (Å²) in [6.45, 7) is 2.46. The van der Waals surface area contributed by atoms with Gasteiger partial charge in [0.2, 0.25) is 0 Å². The molecule has 0 radical (unpaired) electrons. The summed E-state index contributed by atoms with van der Waals surface area (Å²) in [5, 5.41) is 17.2. The highest BCUT2D eigenvalue weighted by atomic mass is 32.2. The summed E-state index contributed by atoms with van der Waals surface area (Å²) < 4.78 is 0. The van der Waals surface area contributed by atoms with Crippen LogP contribution in [-0.2, 0) is 0 Å². The van der Waals surface area contributed by atoms with Crippen LogP contribution in [0.3, 0.4) is 0 Å². The van der Waals surface area contributed by atoms with E-state index in [2.05, 4.69) is 0 Å². The van der Waals surface area contributed by atoms with Gasteiger partial charge >= 0.3 is 0 Å². The van der Waals surface area contributed by atoms with Crippen molar-refractivity contribution in [1.82, 2.24) is 0 Å². The van der Waals surface area contributed by atoms with Crippen molar-refractivity contribution in [2.45, 2.75) is 18.6 Å². The lowest BCUT2D eigenvalue weighted by Crippen LogP contribution is -2.03. The minimum absolute atomic E-state index is 0.232. The van der Waals surface area contributed by atoms with Gasteiger partial charge in [0.05, 0.1) is 6.61 Å². The topological polar surface area (TPSA) is 40.5 Å². The van der Waals surface area contributed by atoms with Crippen LogP contribution in [0.15, 0.2) is 0 Å². The zero-order valence-electron chi connectivity index (χ0n) is 5.71. The first kappa shape index (κ1) is 9.27. The molecule has 0 aromatic heterocycles.